The molecule has 0 amide bonds. The van der Waals surface area contributed by atoms with Crippen LogP contribution < -0.4 is 0 Å². The van der Waals surface area contributed by atoms with Gasteiger partial charge in [-0.25, -0.2) is 0 Å². The molecule has 0 spiro atoms. The van der Waals surface area contributed by atoms with Crippen LogP contribution in [0.2, 0.25) is 0 Å². The molecular weight excluding hydrogens is 324 g/mol. The number of halogens is 1. The number of aromatic nitrogens is 2. The standard InChI is InChI=1S/C13H21BrN4O2/c1-16-4-5-17(2)11(9-16)13(19)12-10(14)8-15-18(12)6-7-20-3/h8,11H,4-7,9H2,1-3H3. The summed E-state index contributed by atoms with van der Waals surface area (Å²) in [6, 6.07) is -0.122. The number of hydrogen-bond acceptors (Lipinski definition) is 5. The first kappa shape index (κ1) is 15.6. The minimum atomic E-state index is -0.122. The van der Waals surface area contributed by atoms with Crippen LogP contribution in [0.4, 0.5) is 0 Å². The van der Waals surface area contributed by atoms with Gasteiger partial charge in [-0.3, -0.25) is 14.4 Å². The molecule has 1 atom stereocenters. The molecule has 1 aromatic heterocycles. The molecule has 0 aliphatic carbocycles. The monoisotopic (exact) mass is 344 g/mol. The number of Topliss-reactive ketones (excluding diaryl/α,β-unsaturated/α-hetero) is 1. The molecular formula is C13H21BrN4O2. The summed E-state index contributed by atoms with van der Waals surface area (Å²) in [5, 5.41) is 4.25. The van der Waals surface area contributed by atoms with Gasteiger partial charge in [0.2, 0.25) is 0 Å². The molecule has 0 radical (unpaired) electrons. The normalized spacial score (nSPS) is 21.3. The maximum Gasteiger partial charge on any atom is 0.200 e. The molecule has 1 aliphatic heterocycles. The molecule has 6 nitrogen and oxygen atoms in total. The highest BCUT2D eigenvalue weighted by Gasteiger charge is 2.32. The lowest BCUT2D eigenvalue weighted by molar-refractivity contribution is 0.0672. The van der Waals surface area contributed by atoms with Crippen molar-refractivity contribution in [2.75, 3.05) is 47.4 Å². The van der Waals surface area contributed by atoms with Crippen molar-refractivity contribution in [3.05, 3.63) is 16.4 Å². The van der Waals surface area contributed by atoms with Gasteiger partial charge in [0, 0.05) is 26.7 Å². The Labute approximate surface area is 127 Å². The first-order valence-corrected chi connectivity index (χ1v) is 7.47. The molecule has 1 aromatic rings. The second-order valence-electron chi connectivity index (χ2n) is 5.18. The Kier molecular flexibility index (Phi) is 5.31. The van der Waals surface area contributed by atoms with Crippen LogP contribution in [-0.2, 0) is 11.3 Å². The summed E-state index contributed by atoms with van der Waals surface area (Å²) < 4.78 is 7.54. The van der Waals surface area contributed by atoms with E-state index in [1.165, 1.54) is 0 Å². The van der Waals surface area contributed by atoms with Gasteiger partial charge in [0.05, 0.1) is 29.9 Å². The first-order chi connectivity index (χ1) is 9.54. The molecule has 20 heavy (non-hydrogen) atoms. The zero-order valence-corrected chi connectivity index (χ0v) is 13.8. The van der Waals surface area contributed by atoms with Crippen molar-refractivity contribution in [2.45, 2.75) is 12.6 Å². The van der Waals surface area contributed by atoms with E-state index in [1.54, 1.807) is 18.0 Å². The van der Waals surface area contributed by atoms with Crippen LogP contribution in [0.15, 0.2) is 10.7 Å². The van der Waals surface area contributed by atoms with Crippen molar-refractivity contribution in [1.29, 1.82) is 0 Å². The third kappa shape index (κ3) is 3.28. The number of carbonyl (C=O) groups excluding carboxylic acids is 1. The lowest BCUT2D eigenvalue weighted by Crippen LogP contribution is -2.53. The number of carbonyl (C=O) groups is 1. The van der Waals surface area contributed by atoms with E-state index >= 15 is 0 Å². The predicted molar refractivity (Wildman–Crippen MR) is 80.0 cm³/mol. The first-order valence-electron chi connectivity index (χ1n) is 6.67. The minimum absolute atomic E-state index is 0.111. The SMILES string of the molecule is COCCn1ncc(Br)c1C(=O)C1CN(C)CCN1C. The van der Waals surface area contributed by atoms with Gasteiger partial charge in [0.15, 0.2) is 5.78 Å². The number of hydrogen-bond donors (Lipinski definition) is 0. The zero-order valence-electron chi connectivity index (χ0n) is 12.2. The third-order valence-corrected chi connectivity index (χ3v) is 4.27. The van der Waals surface area contributed by atoms with Gasteiger partial charge in [-0.1, -0.05) is 0 Å². The van der Waals surface area contributed by atoms with E-state index in [2.05, 4.69) is 30.8 Å². The smallest absolute Gasteiger partial charge is 0.200 e. The van der Waals surface area contributed by atoms with Crippen LogP contribution in [0.25, 0.3) is 0 Å². The molecule has 1 aliphatic rings. The van der Waals surface area contributed by atoms with Crippen LogP contribution >= 0.6 is 15.9 Å². The van der Waals surface area contributed by atoms with Gasteiger partial charge < -0.3 is 9.64 Å². The van der Waals surface area contributed by atoms with Crippen molar-refractivity contribution in [3.63, 3.8) is 0 Å². The largest absolute Gasteiger partial charge is 0.383 e. The summed E-state index contributed by atoms with van der Waals surface area (Å²) in [5.74, 6) is 0.111. The third-order valence-electron chi connectivity index (χ3n) is 3.69. The highest BCUT2D eigenvalue weighted by atomic mass is 79.9. The minimum Gasteiger partial charge on any atom is -0.383 e. The fourth-order valence-corrected chi connectivity index (χ4v) is 2.90. The number of ether oxygens (including phenoxy) is 1. The summed E-state index contributed by atoms with van der Waals surface area (Å²) >= 11 is 3.43. The number of methoxy groups -OCH3 is 1. The van der Waals surface area contributed by atoms with Crippen LogP contribution in [0.1, 0.15) is 10.5 Å². The predicted octanol–water partition coefficient (Wildman–Crippen LogP) is 0.720. The fourth-order valence-electron chi connectivity index (χ4n) is 2.41. The Morgan fingerprint density at radius 1 is 1.50 bits per heavy atom. The fraction of sp³-hybridized carbons (Fsp3) is 0.692. The quantitative estimate of drug-likeness (QED) is 0.736. The summed E-state index contributed by atoms with van der Waals surface area (Å²) in [7, 11) is 5.69. The Balaban J connectivity index is 2.21. The maximum atomic E-state index is 12.8. The Hall–Kier alpha value is -0.760. The van der Waals surface area contributed by atoms with Crippen molar-refractivity contribution in [2.24, 2.45) is 0 Å². The van der Waals surface area contributed by atoms with Crippen molar-refractivity contribution < 1.29 is 9.53 Å². The Morgan fingerprint density at radius 2 is 2.25 bits per heavy atom. The van der Waals surface area contributed by atoms with Crippen molar-refractivity contribution in [3.8, 4) is 0 Å². The summed E-state index contributed by atoms with van der Waals surface area (Å²) in [5.41, 5.74) is 0.634. The summed E-state index contributed by atoms with van der Waals surface area (Å²) in [6.07, 6.45) is 1.68. The summed E-state index contributed by atoms with van der Waals surface area (Å²) in [6.45, 7) is 3.75. The van der Waals surface area contributed by atoms with Crippen LogP contribution in [-0.4, -0.2) is 78.9 Å². The number of piperazine rings is 1. The maximum absolute atomic E-state index is 12.8. The second kappa shape index (κ2) is 6.80. The number of ketones is 1. The molecule has 1 fully saturated rings. The number of likely N-dealkylation sites (N-methyl/N-ethyl adjacent to an activating group) is 2. The molecule has 0 saturated carbocycles. The highest BCUT2D eigenvalue weighted by Crippen LogP contribution is 2.20. The topological polar surface area (TPSA) is 50.6 Å². The molecule has 2 rings (SSSR count). The number of rotatable bonds is 5. The average molecular weight is 345 g/mol. The molecule has 0 N–H and O–H groups in total. The van der Waals surface area contributed by atoms with Gasteiger partial charge >= 0.3 is 0 Å². The molecule has 1 saturated heterocycles. The van der Waals surface area contributed by atoms with E-state index in [0.29, 0.717) is 18.8 Å². The highest BCUT2D eigenvalue weighted by molar-refractivity contribution is 9.10. The van der Waals surface area contributed by atoms with Gasteiger partial charge in [-0.15, -0.1) is 0 Å². The van der Waals surface area contributed by atoms with Crippen LogP contribution in [0.3, 0.4) is 0 Å². The van der Waals surface area contributed by atoms with Gasteiger partial charge in [0.25, 0.3) is 0 Å². The van der Waals surface area contributed by atoms with E-state index in [9.17, 15) is 4.79 Å². The molecule has 1 unspecified atom stereocenters. The van der Waals surface area contributed by atoms with Gasteiger partial charge in [0.1, 0.15) is 5.69 Å². The zero-order chi connectivity index (χ0) is 14.7. The van der Waals surface area contributed by atoms with E-state index in [1.807, 2.05) is 14.1 Å². The van der Waals surface area contributed by atoms with Crippen LogP contribution in [0, 0.1) is 0 Å². The average Bonchev–Trinajstić information content (AvgIpc) is 2.79. The van der Waals surface area contributed by atoms with Gasteiger partial charge in [-0.2, -0.15) is 5.10 Å². The molecule has 112 valence electrons. The molecule has 0 aromatic carbocycles. The molecule has 0 bridgehead atoms. The number of nitrogens with zero attached hydrogens (tertiary/aromatic N) is 4. The second-order valence-corrected chi connectivity index (χ2v) is 6.03. The van der Waals surface area contributed by atoms with E-state index in [4.69, 9.17) is 4.74 Å². The lowest BCUT2D eigenvalue weighted by atomic mass is 10.1. The van der Waals surface area contributed by atoms with E-state index in [0.717, 1.165) is 24.1 Å². The van der Waals surface area contributed by atoms with Crippen molar-refractivity contribution >= 4 is 21.7 Å². The Morgan fingerprint density at radius 3 is 2.95 bits per heavy atom. The summed E-state index contributed by atoms with van der Waals surface area (Å²) in [4.78, 5) is 17.1. The van der Waals surface area contributed by atoms with Crippen LogP contribution in [0.5, 0.6) is 0 Å². The lowest BCUT2D eigenvalue weighted by Gasteiger charge is -2.36. The van der Waals surface area contributed by atoms with E-state index < -0.39 is 0 Å². The molecule has 2 heterocycles. The van der Waals surface area contributed by atoms with Crippen molar-refractivity contribution in [1.82, 2.24) is 19.6 Å². The Bertz CT molecular complexity index is 477. The van der Waals surface area contributed by atoms with Gasteiger partial charge in [-0.05, 0) is 30.0 Å². The molecule has 7 heteroatoms. The van der Waals surface area contributed by atoms with E-state index in [-0.39, 0.29) is 11.8 Å².